The largest absolute Gasteiger partial charge is 0.494 e. The van der Waals surface area contributed by atoms with Crippen LogP contribution < -0.4 is 10.1 Å². The summed E-state index contributed by atoms with van der Waals surface area (Å²) < 4.78 is 10.8. The maximum absolute atomic E-state index is 5.44. The van der Waals surface area contributed by atoms with Crippen LogP contribution in [0.25, 0.3) is 0 Å². The number of hydrogen-bond donors (Lipinski definition) is 1. The molecule has 0 radical (unpaired) electrons. The van der Waals surface area contributed by atoms with Crippen molar-refractivity contribution in [2.75, 3.05) is 6.61 Å². The molecule has 0 bridgehead atoms. The number of hydrogen-bond acceptors (Lipinski definition) is 3. The lowest BCUT2D eigenvalue weighted by Gasteiger charge is -2.13. The van der Waals surface area contributed by atoms with Crippen molar-refractivity contribution in [2.45, 2.75) is 39.3 Å². The Labute approximate surface area is 121 Å². The molecule has 3 heteroatoms. The first kappa shape index (κ1) is 14.7. The van der Waals surface area contributed by atoms with E-state index in [1.807, 2.05) is 31.2 Å². The van der Waals surface area contributed by atoms with E-state index in [0.29, 0.717) is 12.6 Å². The number of nitrogens with one attached hydrogen (secondary N) is 1. The van der Waals surface area contributed by atoms with Gasteiger partial charge in [0.15, 0.2) is 0 Å². The summed E-state index contributed by atoms with van der Waals surface area (Å²) in [6, 6.07) is 12.7. The summed E-state index contributed by atoms with van der Waals surface area (Å²) in [6.45, 7) is 5.79. The zero-order chi connectivity index (χ0) is 14.2. The van der Waals surface area contributed by atoms with E-state index in [0.717, 1.165) is 30.9 Å². The summed E-state index contributed by atoms with van der Waals surface area (Å²) in [6.07, 6.45) is 3.78. The Morgan fingerprint density at radius 1 is 1.20 bits per heavy atom. The van der Waals surface area contributed by atoms with Crippen molar-refractivity contribution in [2.24, 2.45) is 0 Å². The van der Waals surface area contributed by atoms with Gasteiger partial charge in [-0.15, -0.1) is 0 Å². The molecule has 20 heavy (non-hydrogen) atoms. The predicted molar refractivity (Wildman–Crippen MR) is 80.9 cm³/mol. The summed E-state index contributed by atoms with van der Waals surface area (Å²) in [7, 11) is 0. The van der Waals surface area contributed by atoms with Crippen molar-refractivity contribution >= 4 is 0 Å². The maximum atomic E-state index is 5.44. The summed E-state index contributed by atoms with van der Waals surface area (Å²) in [5, 5.41) is 3.53. The van der Waals surface area contributed by atoms with Crippen LogP contribution in [0.4, 0.5) is 0 Å². The summed E-state index contributed by atoms with van der Waals surface area (Å²) in [5.41, 5.74) is 1.28. The lowest BCUT2D eigenvalue weighted by molar-refractivity contribution is 0.340. The highest BCUT2D eigenvalue weighted by molar-refractivity contribution is 5.27. The average Bonchev–Trinajstić information content (AvgIpc) is 2.98. The molecule has 1 N–H and O–H groups in total. The SMILES string of the molecule is CCOc1ccc(CNC(C)CCc2ccco2)cc1. The van der Waals surface area contributed by atoms with Gasteiger partial charge in [-0.2, -0.15) is 0 Å². The highest BCUT2D eigenvalue weighted by atomic mass is 16.5. The van der Waals surface area contributed by atoms with Gasteiger partial charge >= 0.3 is 0 Å². The van der Waals surface area contributed by atoms with E-state index in [-0.39, 0.29) is 0 Å². The van der Waals surface area contributed by atoms with Crippen LogP contribution in [-0.4, -0.2) is 12.6 Å². The van der Waals surface area contributed by atoms with Crippen molar-refractivity contribution in [3.8, 4) is 5.75 Å². The van der Waals surface area contributed by atoms with Crippen molar-refractivity contribution in [3.05, 3.63) is 54.0 Å². The molecule has 0 aliphatic rings. The van der Waals surface area contributed by atoms with Crippen LogP contribution in [0.1, 0.15) is 31.6 Å². The fraction of sp³-hybridized carbons (Fsp3) is 0.412. The molecule has 0 aliphatic heterocycles. The molecular weight excluding hydrogens is 250 g/mol. The summed E-state index contributed by atoms with van der Waals surface area (Å²) in [4.78, 5) is 0. The third-order valence-corrected chi connectivity index (χ3v) is 3.29. The summed E-state index contributed by atoms with van der Waals surface area (Å²) >= 11 is 0. The molecule has 0 fully saturated rings. The second-order valence-corrected chi connectivity index (χ2v) is 4.98. The van der Waals surface area contributed by atoms with Gasteiger partial charge in [0.1, 0.15) is 11.5 Å². The van der Waals surface area contributed by atoms with Crippen LogP contribution in [0.2, 0.25) is 0 Å². The molecule has 0 saturated heterocycles. The molecule has 0 saturated carbocycles. The minimum absolute atomic E-state index is 0.465. The Morgan fingerprint density at radius 3 is 2.65 bits per heavy atom. The second-order valence-electron chi connectivity index (χ2n) is 4.98. The van der Waals surface area contributed by atoms with E-state index < -0.39 is 0 Å². The van der Waals surface area contributed by atoms with Gasteiger partial charge < -0.3 is 14.5 Å². The van der Waals surface area contributed by atoms with Crippen molar-refractivity contribution in [1.29, 1.82) is 0 Å². The molecule has 3 nitrogen and oxygen atoms in total. The van der Waals surface area contributed by atoms with E-state index in [4.69, 9.17) is 9.15 Å². The van der Waals surface area contributed by atoms with Gasteiger partial charge in [0.2, 0.25) is 0 Å². The van der Waals surface area contributed by atoms with Crippen LogP contribution in [-0.2, 0) is 13.0 Å². The fourth-order valence-electron chi connectivity index (χ4n) is 2.08. The van der Waals surface area contributed by atoms with E-state index in [9.17, 15) is 0 Å². The Hall–Kier alpha value is -1.74. The smallest absolute Gasteiger partial charge is 0.119 e. The van der Waals surface area contributed by atoms with Gasteiger partial charge in [-0.1, -0.05) is 12.1 Å². The standard InChI is InChI=1S/C17H23NO2/c1-3-19-17-10-7-15(8-11-17)13-18-14(2)6-9-16-5-4-12-20-16/h4-5,7-8,10-12,14,18H,3,6,9,13H2,1-2H3. The monoisotopic (exact) mass is 273 g/mol. The molecule has 2 rings (SSSR count). The molecular formula is C17H23NO2. The molecule has 0 spiro atoms. The molecule has 2 aromatic rings. The van der Waals surface area contributed by atoms with Crippen molar-refractivity contribution in [1.82, 2.24) is 5.32 Å². The lowest BCUT2D eigenvalue weighted by Crippen LogP contribution is -2.25. The Morgan fingerprint density at radius 2 is 2.00 bits per heavy atom. The fourth-order valence-corrected chi connectivity index (χ4v) is 2.08. The van der Waals surface area contributed by atoms with Gasteiger partial charge in [-0.05, 0) is 50.1 Å². The number of aryl methyl sites for hydroxylation is 1. The van der Waals surface area contributed by atoms with Crippen LogP contribution in [0, 0.1) is 0 Å². The second kappa shape index (κ2) is 7.75. The number of ether oxygens (including phenoxy) is 1. The average molecular weight is 273 g/mol. The summed E-state index contributed by atoms with van der Waals surface area (Å²) in [5.74, 6) is 1.99. The van der Waals surface area contributed by atoms with Gasteiger partial charge in [0.05, 0.1) is 12.9 Å². The molecule has 1 unspecified atom stereocenters. The van der Waals surface area contributed by atoms with Crippen LogP contribution in [0.15, 0.2) is 47.1 Å². The maximum Gasteiger partial charge on any atom is 0.119 e. The predicted octanol–water partition coefficient (Wildman–Crippen LogP) is 3.79. The van der Waals surface area contributed by atoms with E-state index in [1.165, 1.54) is 5.56 Å². The highest BCUT2D eigenvalue weighted by Gasteiger charge is 2.04. The first-order chi connectivity index (χ1) is 9.78. The van der Waals surface area contributed by atoms with Gasteiger partial charge in [-0.3, -0.25) is 0 Å². The highest BCUT2D eigenvalue weighted by Crippen LogP contribution is 2.12. The van der Waals surface area contributed by atoms with Crippen LogP contribution in [0.5, 0.6) is 5.75 Å². The Balaban J connectivity index is 1.71. The molecule has 1 aromatic heterocycles. The van der Waals surface area contributed by atoms with E-state index in [2.05, 4.69) is 24.4 Å². The molecule has 1 atom stereocenters. The first-order valence-electron chi connectivity index (χ1n) is 7.25. The minimum atomic E-state index is 0.465. The Kier molecular flexibility index (Phi) is 5.69. The molecule has 0 aliphatic carbocycles. The molecule has 1 aromatic carbocycles. The topological polar surface area (TPSA) is 34.4 Å². The first-order valence-corrected chi connectivity index (χ1v) is 7.25. The minimum Gasteiger partial charge on any atom is -0.494 e. The zero-order valence-corrected chi connectivity index (χ0v) is 12.3. The van der Waals surface area contributed by atoms with Crippen molar-refractivity contribution < 1.29 is 9.15 Å². The third-order valence-electron chi connectivity index (χ3n) is 3.29. The van der Waals surface area contributed by atoms with E-state index in [1.54, 1.807) is 6.26 Å². The van der Waals surface area contributed by atoms with Crippen molar-refractivity contribution in [3.63, 3.8) is 0 Å². The van der Waals surface area contributed by atoms with Gasteiger partial charge in [0.25, 0.3) is 0 Å². The van der Waals surface area contributed by atoms with Gasteiger partial charge in [0, 0.05) is 19.0 Å². The normalized spacial score (nSPS) is 12.3. The van der Waals surface area contributed by atoms with Gasteiger partial charge in [-0.25, -0.2) is 0 Å². The quantitative estimate of drug-likeness (QED) is 0.794. The number of benzene rings is 1. The molecule has 0 amide bonds. The number of rotatable bonds is 8. The lowest BCUT2D eigenvalue weighted by atomic mass is 10.1. The number of furan rings is 1. The van der Waals surface area contributed by atoms with Crippen LogP contribution in [0.3, 0.4) is 0 Å². The van der Waals surface area contributed by atoms with E-state index >= 15 is 0 Å². The third kappa shape index (κ3) is 4.74. The Bertz CT molecular complexity index is 476. The molecule has 1 heterocycles. The zero-order valence-electron chi connectivity index (χ0n) is 12.3. The molecule has 108 valence electrons. The van der Waals surface area contributed by atoms with Crippen LogP contribution >= 0.6 is 0 Å².